The van der Waals surface area contributed by atoms with E-state index >= 15 is 0 Å². The molecule has 0 spiro atoms. The number of thiazole rings is 1. The van der Waals surface area contributed by atoms with Gasteiger partial charge in [-0.3, -0.25) is 9.69 Å². The predicted octanol–water partition coefficient (Wildman–Crippen LogP) is 6.31. The van der Waals surface area contributed by atoms with Crippen molar-refractivity contribution < 1.29 is 17.6 Å². The number of benzene rings is 2. The number of hydrogen-bond donors (Lipinski definition) is 0. The Bertz CT molecular complexity index is 1500. The Hall–Kier alpha value is -3.01. The molecule has 0 saturated heterocycles. The lowest BCUT2D eigenvalue weighted by molar-refractivity contribution is 0.0983. The summed E-state index contributed by atoms with van der Waals surface area (Å²) in [5, 5.41) is 0.568. The van der Waals surface area contributed by atoms with Crippen LogP contribution >= 0.6 is 11.3 Å². The molecule has 5 rings (SSSR count). The molecular weight excluding hydrogens is 506 g/mol. The normalized spacial score (nSPS) is 14.9. The highest BCUT2D eigenvalue weighted by atomic mass is 32.2. The van der Waals surface area contributed by atoms with E-state index in [9.17, 15) is 13.2 Å². The van der Waals surface area contributed by atoms with Crippen LogP contribution in [0.25, 0.3) is 10.2 Å². The fraction of sp³-hybridized carbons (Fsp3) is 0.357. The van der Waals surface area contributed by atoms with Crippen molar-refractivity contribution in [2.45, 2.75) is 63.4 Å². The molecule has 1 aliphatic rings. The fourth-order valence-electron chi connectivity index (χ4n) is 4.85. The molecular formula is C28H31N3O4S2. The lowest BCUT2D eigenvalue weighted by Gasteiger charge is -2.30. The lowest BCUT2D eigenvalue weighted by Crippen LogP contribution is -2.38. The van der Waals surface area contributed by atoms with E-state index in [0.717, 1.165) is 53.4 Å². The summed E-state index contributed by atoms with van der Waals surface area (Å²) in [6.45, 7) is 4.29. The summed E-state index contributed by atoms with van der Waals surface area (Å²) in [5.74, 6) is 0.364. The lowest BCUT2D eigenvalue weighted by atomic mass is 9.96. The van der Waals surface area contributed by atoms with Crippen molar-refractivity contribution >= 4 is 42.6 Å². The largest absolute Gasteiger partial charge is 0.467 e. The SMILES string of the molecule is Cc1ccc2sc(N(Cc3ccco3)C(=O)c3ccc(S(=O)(=O)N(C)C4CCCCC4)cc3)nc2c1C. The number of hydrogen-bond acceptors (Lipinski definition) is 6. The van der Waals surface area contributed by atoms with Gasteiger partial charge in [-0.25, -0.2) is 13.4 Å². The van der Waals surface area contributed by atoms with Crippen LogP contribution in [0.1, 0.15) is 59.3 Å². The van der Waals surface area contributed by atoms with E-state index in [0.29, 0.717) is 16.5 Å². The van der Waals surface area contributed by atoms with Crippen LogP contribution < -0.4 is 4.90 Å². The van der Waals surface area contributed by atoms with Crippen LogP contribution in [0, 0.1) is 13.8 Å². The van der Waals surface area contributed by atoms with Gasteiger partial charge in [-0.1, -0.05) is 36.7 Å². The Kier molecular flexibility index (Phi) is 7.20. The molecule has 0 atom stereocenters. The highest BCUT2D eigenvalue weighted by Gasteiger charge is 2.30. The number of nitrogens with zero attached hydrogens (tertiary/aromatic N) is 3. The minimum absolute atomic E-state index is 0.0231. The third kappa shape index (κ3) is 5.08. The maximum atomic E-state index is 13.7. The van der Waals surface area contributed by atoms with Crippen molar-refractivity contribution in [2.24, 2.45) is 0 Å². The van der Waals surface area contributed by atoms with Crippen LogP contribution in [0.5, 0.6) is 0 Å². The topological polar surface area (TPSA) is 83.7 Å². The van der Waals surface area contributed by atoms with E-state index in [4.69, 9.17) is 9.40 Å². The first-order chi connectivity index (χ1) is 17.8. The summed E-state index contributed by atoms with van der Waals surface area (Å²) in [6.07, 6.45) is 6.60. The minimum atomic E-state index is -3.64. The van der Waals surface area contributed by atoms with Crippen LogP contribution in [-0.4, -0.2) is 36.7 Å². The average molecular weight is 538 g/mol. The van der Waals surface area contributed by atoms with Gasteiger partial charge in [0.05, 0.1) is 27.9 Å². The maximum Gasteiger partial charge on any atom is 0.260 e. The molecule has 0 N–H and O–H groups in total. The summed E-state index contributed by atoms with van der Waals surface area (Å²) in [7, 11) is -1.98. The summed E-state index contributed by atoms with van der Waals surface area (Å²) < 4.78 is 34.5. The molecule has 1 fully saturated rings. The summed E-state index contributed by atoms with van der Waals surface area (Å²) >= 11 is 1.45. The third-order valence-electron chi connectivity index (χ3n) is 7.31. The van der Waals surface area contributed by atoms with Gasteiger partial charge < -0.3 is 4.42 Å². The van der Waals surface area contributed by atoms with Gasteiger partial charge in [-0.15, -0.1) is 0 Å². The first-order valence-corrected chi connectivity index (χ1v) is 14.8. The van der Waals surface area contributed by atoms with Crippen LogP contribution in [0.2, 0.25) is 0 Å². The number of fused-ring (bicyclic) bond motifs is 1. The van der Waals surface area contributed by atoms with E-state index < -0.39 is 10.0 Å². The average Bonchev–Trinajstić information content (AvgIpc) is 3.59. The first kappa shape index (κ1) is 25.6. The molecule has 7 nitrogen and oxygen atoms in total. The number of rotatable bonds is 7. The molecule has 9 heteroatoms. The number of amides is 1. The second-order valence-corrected chi connectivity index (χ2v) is 12.7. The maximum absolute atomic E-state index is 13.7. The number of anilines is 1. The van der Waals surface area contributed by atoms with E-state index in [1.54, 1.807) is 36.4 Å². The Morgan fingerprint density at radius 1 is 1.05 bits per heavy atom. The number of aryl methyl sites for hydroxylation is 2. The van der Waals surface area contributed by atoms with Crippen LogP contribution in [-0.2, 0) is 16.6 Å². The molecule has 37 heavy (non-hydrogen) atoms. The number of carbonyl (C=O) groups is 1. The predicted molar refractivity (Wildman–Crippen MR) is 147 cm³/mol. The smallest absolute Gasteiger partial charge is 0.260 e. The van der Waals surface area contributed by atoms with Gasteiger partial charge >= 0.3 is 0 Å². The van der Waals surface area contributed by atoms with Gasteiger partial charge in [0.25, 0.3) is 5.91 Å². The zero-order chi connectivity index (χ0) is 26.2. The number of sulfonamides is 1. The van der Waals surface area contributed by atoms with Crippen LogP contribution in [0.15, 0.2) is 64.1 Å². The van der Waals surface area contributed by atoms with Crippen molar-refractivity contribution in [1.82, 2.24) is 9.29 Å². The van der Waals surface area contributed by atoms with Gasteiger partial charge in [-0.2, -0.15) is 4.31 Å². The summed E-state index contributed by atoms with van der Waals surface area (Å²) in [4.78, 5) is 20.3. The molecule has 2 aromatic heterocycles. The first-order valence-electron chi connectivity index (χ1n) is 12.5. The molecule has 0 unspecified atom stereocenters. The minimum Gasteiger partial charge on any atom is -0.467 e. The molecule has 1 saturated carbocycles. The van der Waals surface area contributed by atoms with Crippen LogP contribution in [0.4, 0.5) is 5.13 Å². The molecule has 194 valence electrons. The molecule has 2 heterocycles. The zero-order valence-electron chi connectivity index (χ0n) is 21.3. The highest BCUT2D eigenvalue weighted by molar-refractivity contribution is 7.89. The summed E-state index contributed by atoms with van der Waals surface area (Å²) in [5.41, 5.74) is 3.49. The third-order valence-corrected chi connectivity index (χ3v) is 10.3. The monoisotopic (exact) mass is 537 g/mol. The van der Waals surface area contributed by atoms with Gasteiger partial charge in [0, 0.05) is 18.7 Å². The molecule has 0 bridgehead atoms. The Morgan fingerprint density at radius 2 is 1.78 bits per heavy atom. The number of aromatic nitrogens is 1. The summed E-state index contributed by atoms with van der Waals surface area (Å²) in [6, 6.07) is 13.9. The van der Waals surface area contributed by atoms with Gasteiger partial charge in [0.15, 0.2) is 5.13 Å². The van der Waals surface area contributed by atoms with Crippen molar-refractivity contribution in [1.29, 1.82) is 0 Å². The van der Waals surface area contributed by atoms with E-state index in [1.807, 2.05) is 26.0 Å². The zero-order valence-corrected chi connectivity index (χ0v) is 22.9. The Morgan fingerprint density at radius 3 is 2.46 bits per heavy atom. The Labute approximate surface area is 221 Å². The van der Waals surface area contributed by atoms with Gasteiger partial charge in [-0.05, 0) is 80.3 Å². The number of carbonyl (C=O) groups excluding carboxylic acids is 1. The molecule has 4 aromatic rings. The molecule has 1 aliphatic carbocycles. The number of furan rings is 1. The van der Waals surface area contributed by atoms with Crippen molar-refractivity contribution in [3.8, 4) is 0 Å². The van der Waals surface area contributed by atoms with Gasteiger partial charge in [0.1, 0.15) is 5.76 Å². The molecule has 2 aromatic carbocycles. The molecule has 1 amide bonds. The molecule has 0 aliphatic heterocycles. The second kappa shape index (κ2) is 10.4. The highest BCUT2D eigenvalue weighted by Crippen LogP contribution is 2.34. The van der Waals surface area contributed by atoms with Crippen LogP contribution in [0.3, 0.4) is 0 Å². The van der Waals surface area contributed by atoms with Crippen molar-refractivity contribution in [3.63, 3.8) is 0 Å². The van der Waals surface area contributed by atoms with E-state index in [1.165, 1.54) is 27.8 Å². The molecule has 0 radical (unpaired) electrons. The standard InChI is InChI=1S/C28H31N3O4S2/c1-19-11-16-25-26(20(19)2)29-28(36-25)31(18-23-10-7-17-35-23)27(32)21-12-14-24(15-13-21)37(33,34)30(3)22-8-5-4-6-9-22/h7,10-17,22H,4-6,8-9,18H2,1-3H3. The fourth-order valence-corrected chi connectivity index (χ4v) is 7.29. The quantitative estimate of drug-likeness (QED) is 0.276. The van der Waals surface area contributed by atoms with E-state index in [2.05, 4.69) is 6.07 Å². The van der Waals surface area contributed by atoms with Crippen molar-refractivity contribution in [3.05, 3.63) is 77.2 Å². The van der Waals surface area contributed by atoms with Crippen molar-refractivity contribution in [2.75, 3.05) is 11.9 Å². The van der Waals surface area contributed by atoms with E-state index in [-0.39, 0.29) is 23.4 Å². The Balaban J connectivity index is 1.45. The van der Waals surface area contributed by atoms with Gasteiger partial charge in [0.2, 0.25) is 10.0 Å². The second-order valence-electron chi connectivity index (χ2n) is 9.66.